The molecule has 0 aromatic carbocycles. The first-order valence-electron chi connectivity index (χ1n) is 3.27. The van der Waals surface area contributed by atoms with Crippen LogP contribution in [0.4, 0.5) is 10.1 Å². The van der Waals surface area contributed by atoms with Gasteiger partial charge in [-0.1, -0.05) is 0 Å². The first kappa shape index (κ1) is 8.39. The Morgan fingerprint density at radius 3 is 2.92 bits per heavy atom. The van der Waals surface area contributed by atoms with E-state index in [4.69, 9.17) is 5.73 Å². The van der Waals surface area contributed by atoms with Gasteiger partial charge in [0.05, 0.1) is 17.6 Å². The van der Waals surface area contributed by atoms with Crippen LogP contribution in [0.2, 0.25) is 0 Å². The van der Waals surface area contributed by atoms with Gasteiger partial charge in [0.25, 0.3) is 0 Å². The Labute approximate surface area is 68.7 Å². The molecular weight excluding hydrogens is 159 g/mol. The monoisotopic (exact) mass is 166 g/mol. The molecule has 0 fully saturated rings. The molecule has 0 bridgehead atoms. The van der Waals surface area contributed by atoms with Gasteiger partial charge in [-0.2, -0.15) is 0 Å². The zero-order valence-corrected chi connectivity index (χ0v) is 6.20. The summed E-state index contributed by atoms with van der Waals surface area (Å²) in [6.07, 6.45) is 4.31. The molecular formula is C8H7FN2O. The lowest BCUT2D eigenvalue weighted by Gasteiger charge is -1.97. The van der Waals surface area contributed by atoms with E-state index in [0.717, 1.165) is 12.3 Å². The van der Waals surface area contributed by atoms with Gasteiger partial charge in [0.15, 0.2) is 0 Å². The SMILES string of the molecule is Nc1cc(F)cnc1/C=C/C=O. The normalized spacial score (nSPS) is 10.4. The molecule has 0 saturated carbocycles. The summed E-state index contributed by atoms with van der Waals surface area (Å²) in [5.41, 5.74) is 6.00. The second kappa shape index (κ2) is 3.61. The van der Waals surface area contributed by atoms with E-state index in [9.17, 15) is 9.18 Å². The topological polar surface area (TPSA) is 56.0 Å². The van der Waals surface area contributed by atoms with Gasteiger partial charge >= 0.3 is 0 Å². The number of halogens is 1. The number of anilines is 1. The third-order valence-corrected chi connectivity index (χ3v) is 1.25. The van der Waals surface area contributed by atoms with E-state index < -0.39 is 5.82 Å². The fourth-order valence-electron chi connectivity index (χ4n) is 0.735. The molecule has 0 aliphatic rings. The largest absolute Gasteiger partial charge is 0.397 e. The molecule has 0 amide bonds. The molecule has 0 aliphatic heterocycles. The van der Waals surface area contributed by atoms with Gasteiger partial charge in [-0.3, -0.25) is 9.78 Å². The van der Waals surface area contributed by atoms with Gasteiger partial charge in [0.2, 0.25) is 0 Å². The summed E-state index contributed by atoms with van der Waals surface area (Å²) in [7, 11) is 0. The number of nitrogens with zero attached hydrogens (tertiary/aromatic N) is 1. The number of rotatable bonds is 2. The summed E-state index contributed by atoms with van der Waals surface area (Å²) in [5, 5.41) is 0. The average molecular weight is 166 g/mol. The van der Waals surface area contributed by atoms with Crippen LogP contribution in [0.5, 0.6) is 0 Å². The van der Waals surface area contributed by atoms with Gasteiger partial charge in [0.1, 0.15) is 12.1 Å². The molecule has 0 unspecified atom stereocenters. The second-order valence-corrected chi connectivity index (χ2v) is 2.12. The van der Waals surface area contributed by atoms with Gasteiger partial charge in [-0.15, -0.1) is 0 Å². The molecule has 2 N–H and O–H groups in total. The highest BCUT2D eigenvalue weighted by Gasteiger charge is 1.97. The van der Waals surface area contributed by atoms with Crippen molar-refractivity contribution in [2.75, 3.05) is 5.73 Å². The molecule has 62 valence electrons. The van der Waals surface area contributed by atoms with E-state index in [1.165, 1.54) is 12.2 Å². The Bertz CT molecular complexity index is 323. The summed E-state index contributed by atoms with van der Waals surface area (Å²) in [6.45, 7) is 0. The fraction of sp³-hybridized carbons (Fsp3) is 0. The number of hydrogen-bond acceptors (Lipinski definition) is 3. The Morgan fingerprint density at radius 2 is 2.33 bits per heavy atom. The molecule has 1 aromatic heterocycles. The highest BCUT2D eigenvalue weighted by molar-refractivity contribution is 5.75. The van der Waals surface area contributed by atoms with E-state index in [0.29, 0.717) is 12.0 Å². The maximum Gasteiger partial charge on any atom is 0.143 e. The van der Waals surface area contributed by atoms with Crippen LogP contribution < -0.4 is 5.73 Å². The minimum absolute atomic E-state index is 0.216. The highest BCUT2D eigenvalue weighted by atomic mass is 19.1. The zero-order chi connectivity index (χ0) is 8.97. The first-order valence-corrected chi connectivity index (χ1v) is 3.27. The van der Waals surface area contributed by atoms with Gasteiger partial charge in [-0.25, -0.2) is 4.39 Å². The quantitative estimate of drug-likeness (QED) is 0.527. The highest BCUT2D eigenvalue weighted by Crippen LogP contribution is 2.10. The van der Waals surface area contributed by atoms with Crippen LogP contribution in [-0.4, -0.2) is 11.3 Å². The van der Waals surface area contributed by atoms with Crippen LogP contribution in [0.3, 0.4) is 0 Å². The summed E-state index contributed by atoms with van der Waals surface area (Å²) in [5.74, 6) is -0.490. The minimum Gasteiger partial charge on any atom is -0.397 e. The third kappa shape index (κ3) is 1.88. The molecule has 0 saturated heterocycles. The van der Waals surface area contributed by atoms with Crippen LogP contribution >= 0.6 is 0 Å². The molecule has 3 nitrogen and oxygen atoms in total. The third-order valence-electron chi connectivity index (χ3n) is 1.25. The lowest BCUT2D eigenvalue weighted by molar-refractivity contribution is -0.104. The van der Waals surface area contributed by atoms with Gasteiger partial charge in [0, 0.05) is 6.07 Å². The van der Waals surface area contributed by atoms with Crippen molar-refractivity contribution in [3.8, 4) is 0 Å². The predicted octanol–water partition coefficient (Wildman–Crippen LogP) is 1.02. The average Bonchev–Trinajstić information content (AvgIpc) is 2.03. The van der Waals surface area contributed by atoms with E-state index in [-0.39, 0.29) is 5.69 Å². The summed E-state index contributed by atoms with van der Waals surface area (Å²) < 4.78 is 12.4. The second-order valence-electron chi connectivity index (χ2n) is 2.12. The lowest BCUT2D eigenvalue weighted by Crippen LogP contribution is -1.93. The number of carbonyl (C=O) groups is 1. The molecule has 0 radical (unpaired) electrons. The number of nitrogens with two attached hydrogens (primary N) is 1. The summed E-state index contributed by atoms with van der Waals surface area (Å²) in [4.78, 5) is 13.6. The summed E-state index contributed by atoms with van der Waals surface area (Å²) in [6, 6.07) is 1.15. The van der Waals surface area contributed by atoms with Crippen LogP contribution in [-0.2, 0) is 4.79 Å². The number of nitrogen functional groups attached to an aromatic ring is 1. The van der Waals surface area contributed by atoms with Gasteiger partial charge < -0.3 is 5.73 Å². The number of pyridine rings is 1. The Morgan fingerprint density at radius 1 is 1.58 bits per heavy atom. The van der Waals surface area contributed by atoms with Crippen LogP contribution in [0.15, 0.2) is 18.3 Å². The number of hydrogen-bond donors (Lipinski definition) is 1. The van der Waals surface area contributed by atoms with Crippen molar-refractivity contribution in [1.29, 1.82) is 0 Å². The number of aromatic nitrogens is 1. The molecule has 1 rings (SSSR count). The zero-order valence-electron chi connectivity index (χ0n) is 6.20. The maximum absolute atomic E-state index is 12.4. The van der Waals surface area contributed by atoms with E-state index in [1.54, 1.807) is 0 Å². The van der Waals surface area contributed by atoms with E-state index >= 15 is 0 Å². The maximum atomic E-state index is 12.4. The van der Waals surface area contributed by atoms with E-state index in [1.807, 2.05) is 0 Å². The predicted molar refractivity (Wildman–Crippen MR) is 43.7 cm³/mol. The van der Waals surface area contributed by atoms with E-state index in [2.05, 4.69) is 4.98 Å². The standard InChI is InChI=1S/C8H7FN2O/c9-6-4-7(10)8(11-5-6)2-1-3-12/h1-5H,10H2/b2-1+. The van der Waals surface area contributed by atoms with Crippen molar-refractivity contribution in [2.24, 2.45) is 0 Å². The van der Waals surface area contributed by atoms with Crippen molar-refractivity contribution >= 4 is 18.0 Å². The van der Waals surface area contributed by atoms with Crippen LogP contribution in [0, 0.1) is 5.82 Å². The molecule has 0 aliphatic carbocycles. The smallest absolute Gasteiger partial charge is 0.143 e. The lowest BCUT2D eigenvalue weighted by atomic mass is 10.3. The molecule has 0 spiro atoms. The molecule has 12 heavy (non-hydrogen) atoms. The minimum atomic E-state index is -0.490. The van der Waals surface area contributed by atoms with Crippen molar-refractivity contribution in [2.45, 2.75) is 0 Å². The Balaban J connectivity index is 3.01. The first-order chi connectivity index (χ1) is 5.74. The number of carbonyl (C=O) groups excluding carboxylic acids is 1. The molecule has 1 aromatic rings. The summed E-state index contributed by atoms with van der Waals surface area (Å²) >= 11 is 0. The van der Waals surface area contributed by atoms with Crippen LogP contribution in [0.1, 0.15) is 5.69 Å². The van der Waals surface area contributed by atoms with Crippen molar-refractivity contribution in [3.63, 3.8) is 0 Å². The Hall–Kier alpha value is -1.71. The molecule has 0 atom stereocenters. The fourth-order valence-corrected chi connectivity index (χ4v) is 0.735. The molecule has 4 heteroatoms. The van der Waals surface area contributed by atoms with Crippen molar-refractivity contribution in [1.82, 2.24) is 4.98 Å². The van der Waals surface area contributed by atoms with Crippen LogP contribution in [0.25, 0.3) is 6.08 Å². The number of aldehydes is 1. The van der Waals surface area contributed by atoms with Gasteiger partial charge in [-0.05, 0) is 12.2 Å². The van der Waals surface area contributed by atoms with Crippen molar-refractivity contribution < 1.29 is 9.18 Å². The molecule has 1 heterocycles. The van der Waals surface area contributed by atoms with Crippen molar-refractivity contribution in [3.05, 3.63) is 29.9 Å². The Kier molecular flexibility index (Phi) is 2.53. The number of allylic oxidation sites excluding steroid dienone is 1.